The highest BCUT2D eigenvalue weighted by molar-refractivity contribution is 5.95. The highest BCUT2D eigenvalue weighted by Gasteiger charge is 2.29. The molecule has 1 fully saturated rings. The summed E-state index contributed by atoms with van der Waals surface area (Å²) < 4.78 is 0. The van der Waals surface area contributed by atoms with E-state index < -0.39 is 4.92 Å². The van der Waals surface area contributed by atoms with Crippen LogP contribution in [0.3, 0.4) is 0 Å². The van der Waals surface area contributed by atoms with Crippen LogP contribution in [0.15, 0.2) is 48.5 Å². The van der Waals surface area contributed by atoms with E-state index in [1.165, 1.54) is 17.7 Å². The minimum atomic E-state index is -0.477. The van der Waals surface area contributed by atoms with Crippen molar-refractivity contribution in [3.8, 4) is 0 Å². The maximum absolute atomic E-state index is 13.0. The van der Waals surface area contributed by atoms with E-state index in [1.54, 1.807) is 17.0 Å². The van der Waals surface area contributed by atoms with Gasteiger partial charge in [0.15, 0.2) is 0 Å². The first-order chi connectivity index (χ1) is 12.1. The predicted octanol–water partition coefficient (Wildman–Crippen LogP) is 3.37. The first-order valence-electron chi connectivity index (χ1n) is 8.45. The molecule has 1 atom stereocenters. The van der Waals surface area contributed by atoms with E-state index >= 15 is 0 Å². The monoisotopic (exact) mass is 375 g/mol. The van der Waals surface area contributed by atoms with Gasteiger partial charge in [-0.15, -0.1) is 12.4 Å². The number of halogens is 1. The number of hydrogen-bond donors (Lipinski definition) is 1. The average molecular weight is 376 g/mol. The van der Waals surface area contributed by atoms with Crippen LogP contribution >= 0.6 is 12.4 Å². The second kappa shape index (κ2) is 8.78. The van der Waals surface area contributed by atoms with Crippen LogP contribution in [-0.4, -0.2) is 35.4 Å². The smallest absolute Gasteiger partial charge is 0.270 e. The quantitative estimate of drug-likeness (QED) is 0.656. The molecular weight excluding hydrogens is 354 g/mol. The number of carbonyl (C=O) groups is 1. The van der Waals surface area contributed by atoms with Gasteiger partial charge in [0.2, 0.25) is 0 Å². The van der Waals surface area contributed by atoms with Gasteiger partial charge in [0.05, 0.1) is 11.0 Å². The number of nitrogens with zero attached hydrogens (tertiary/aromatic N) is 2. The lowest BCUT2D eigenvalue weighted by Crippen LogP contribution is -2.48. The number of amides is 1. The molecule has 2 aromatic carbocycles. The van der Waals surface area contributed by atoms with Gasteiger partial charge >= 0.3 is 0 Å². The van der Waals surface area contributed by atoms with E-state index in [4.69, 9.17) is 0 Å². The number of rotatable bonds is 4. The number of carbonyl (C=O) groups excluding carboxylic acids is 1. The highest BCUT2D eigenvalue weighted by Crippen LogP contribution is 2.25. The molecule has 0 aromatic heterocycles. The van der Waals surface area contributed by atoms with Gasteiger partial charge in [-0.1, -0.05) is 37.3 Å². The van der Waals surface area contributed by atoms with Gasteiger partial charge in [0.1, 0.15) is 0 Å². The number of non-ortho nitro benzene ring substituents is 1. The summed E-state index contributed by atoms with van der Waals surface area (Å²) in [7, 11) is 0. The molecule has 1 heterocycles. The Labute approximate surface area is 158 Å². The predicted molar refractivity (Wildman–Crippen MR) is 103 cm³/mol. The molecule has 0 spiro atoms. The van der Waals surface area contributed by atoms with Crippen LogP contribution in [0.1, 0.15) is 34.5 Å². The van der Waals surface area contributed by atoms with E-state index in [0.717, 1.165) is 12.0 Å². The Morgan fingerprint density at radius 2 is 2.00 bits per heavy atom. The van der Waals surface area contributed by atoms with E-state index in [-0.39, 0.29) is 30.0 Å². The number of nitro groups is 1. The van der Waals surface area contributed by atoms with Crippen molar-refractivity contribution in [1.29, 1.82) is 0 Å². The van der Waals surface area contributed by atoms with Crippen LogP contribution in [0.25, 0.3) is 0 Å². The van der Waals surface area contributed by atoms with Crippen molar-refractivity contribution in [2.45, 2.75) is 19.4 Å². The van der Waals surface area contributed by atoms with Crippen LogP contribution < -0.4 is 5.32 Å². The normalized spacial score (nSPS) is 16.7. The number of nitrogens with one attached hydrogen (secondary N) is 1. The summed E-state index contributed by atoms with van der Waals surface area (Å²) in [5.74, 6) is -0.172. The summed E-state index contributed by atoms with van der Waals surface area (Å²) in [5.41, 5.74) is 2.61. The molecule has 0 saturated carbocycles. The molecule has 1 N–H and O–H groups in total. The molecular formula is C19H22ClN3O3. The minimum absolute atomic E-state index is 0. The van der Waals surface area contributed by atoms with E-state index in [9.17, 15) is 14.9 Å². The topological polar surface area (TPSA) is 75.5 Å². The third kappa shape index (κ3) is 4.20. The van der Waals surface area contributed by atoms with E-state index in [2.05, 4.69) is 36.5 Å². The Balaban J connectivity index is 0.00000243. The van der Waals surface area contributed by atoms with Crippen molar-refractivity contribution >= 4 is 24.0 Å². The van der Waals surface area contributed by atoms with Crippen LogP contribution in [0.2, 0.25) is 0 Å². The van der Waals surface area contributed by atoms with Gasteiger partial charge < -0.3 is 10.2 Å². The lowest BCUT2D eigenvalue weighted by Gasteiger charge is -2.36. The molecule has 26 heavy (non-hydrogen) atoms. The molecule has 0 bridgehead atoms. The zero-order valence-corrected chi connectivity index (χ0v) is 15.4. The number of hydrogen-bond acceptors (Lipinski definition) is 4. The number of benzene rings is 2. The van der Waals surface area contributed by atoms with Crippen molar-refractivity contribution in [3.63, 3.8) is 0 Å². The molecule has 0 aliphatic carbocycles. The summed E-state index contributed by atoms with van der Waals surface area (Å²) >= 11 is 0. The fourth-order valence-corrected chi connectivity index (χ4v) is 3.14. The third-order valence-corrected chi connectivity index (χ3v) is 4.58. The molecule has 2 aromatic rings. The number of piperazine rings is 1. The van der Waals surface area contributed by atoms with Gasteiger partial charge in [0.25, 0.3) is 11.6 Å². The molecule has 1 saturated heterocycles. The lowest BCUT2D eigenvalue weighted by molar-refractivity contribution is -0.384. The summed E-state index contributed by atoms with van der Waals surface area (Å²) in [6.07, 6.45) is 0.972. The highest BCUT2D eigenvalue weighted by atomic mass is 35.5. The van der Waals surface area contributed by atoms with Gasteiger partial charge in [-0.05, 0) is 23.6 Å². The summed E-state index contributed by atoms with van der Waals surface area (Å²) in [6.45, 7) is 4.06. The summed E-state index contributed by atoms with van der Waals surface area (Å²) in [4.78, 5) is 25.3. The molecule has 1 aliphatic rings. The van der Waals surface area contributed by atoms with Crippen molar-refractivity contribution in [3.05, 3.63) is 75.3 Å². The largest absolute Gasteiger partial charge is 0.329 e. The number of nitro benzene ring substituents is 1. The second-order valence-corrected chi connectivity index (χ2v) is 6.12. The van der Waals surface area contributed by atoms with Crippen LogP contribution in [0, 0.1) is 10.1 Å². The molecule has 6 nitrogen and oxygen atoms in total. The van der Waals surface area contributed by atoms with Gasteiger partial charge in [-0.25, -0.2) is 0 Å². The molecule has 138 valence electrons. The van der Waals surface area contributed by atoms with Crippen LogP contribution in [0.5, 0.6) is 0 Å². The molecule has 1 unspecified atom stereocenters. The van der Waals surface area contributed by atoms with Crippen molar-refractivity contribution in [2.24, 2.45) is 0 Å². The van der Waals surface area contributed by atoms with Crippen LogP contribution in [0.4, 0.5) is 5.69 Å². The molecule has 3 rings (SSSR count). The first-order valence-corrected chi connectivity index (χ1v) is 8.45. The van der Waals surface area contributed by atoms with Crippen molar-refractivity contribution in [1.82, 2.24) is 10.2 Å². The molecule has 1 aliphatic heterocycles. The van der Waals surface area contributed by atoms with Crippen molar-refractivity contribution in [2.75, 3.05) is 19.6 Å². The van der Waals surface area contributed by atoms with E-state index in [1.807, 2.05) is 0 Å². The lowest BCUT2D eigenvalue weighted by atomic mass is 10.00. The SMILES string of the molecule is CCc1ccc(C2CNCCN2C(=O)c2cccc([N+](=O)[O-])c2)cc1.Cl. The molecule has 0 radical (unpaired) electrons. The van der Waals surface area contributed by atoms with Gasteiger partial charge in [-0.2, -0.15) is 0 Å². The second-order valence-electron chi connectivity index (χ2n) is 6.12. The average Bonchev–Trinajstić information content (AvgIpc) is 2.67. The Morgan fingerprint density at radius 3 is 2.65 bits per heavy atom. The minimum Gasteiger partial charge on any atom is -0.329 e. The summed E-state index contributed by atoms with van der Waals surface area (Å²) in [6, 6.07) is 14.1. The molecule has 7 heteroatoms. The van der Waals surface area contributed by atoms with E-state index in [0.29, 0.717) is 25.2 Å². The fourth-order valence-electron chi connectivity index (χ4n) is 3.14. The summed E-state index contributed by atoms with van der Waals surface area (Å²) in [5, 5.41) is 14.3. The zero-order valence-electron chi connectivity index (χ0n) is 14.6. The van der Waals surface area contributed by atoms with Crippen molar-refractivity contribution < 1.29 is 9.72 Å². The Kier molecular flexibility index (Phi) is 6.71. The maximum atomic E-state index is 13.0. The Hall–Kier alpha value is -2.44. The fraction of sp³-hybridized carbons (Fsp3) is 0.316. The Morgan fingerprint density at radius 1 is 1.27 bits per heavy atom. The molecule has 1 amide bonds. The van der Waals surface area contributed by atoms with Gasteiger partial charge in [-0.3, -0.25) is 14.9 Å². The Bertz CT molecular complexity index is 780. The first kappa shape index (κ1) is 19.9. The van der Waals surface area contributed by atoms with Crippen LogP contribution in [-0.2, 0) is 6.42 Å². The zero-order chi connectivity index (χ0) is 17.8. The standard InChI is InChI=1S/C19H21N3O3.ClH/c1-2-14-6-8-15(9-7-14)18-13-20-10-11-21(18)19(23)16-4-3-5-17(12-16)22(24)25;/h3-9,12,18,20H,2,10-11,13H2,1H3;1H. The number of aryl methyl sites for hydroxylation is 1. The third-order valence-electron chi connectivity index (χ3n) is 4.58. The van der Waals surface area contributed by atoms with Gasteiger partial charge in [0, 0.05) is 37.3 Å². The maximum Gasteiger partial charge on any atom is 0.270 e.